The quantitative estimate of drug-likeness (QED) is 0.775. The third kappa shape index (κ3) is 4.09. The molecule has 2 aliphatic rings. The van der Waals surface area contributed by atoms with Gasteiger partial charge in [-0.2, -0.15) is 0 Å². The predicted molar refractivity (Wildman–Crippen MR) is 90.2 cm³/mol. The third-order valence-electron chi connectivity index (χ3n) is 3.96. The highest BCUT2D eigenvalue weighted by molar-refractivity contribution is 8.00. The largest absolute Gasteiger partial charge is 0.454 e. The Labute approximate surface area is 145 Å². The molecule has 0 unspecified atom stereocenters. The zero-order chi connectivity index (χ0) is 16.9. The molecule has 0 aromatic heterocycles. The number of rotatable bonds is 3. The molecule has 1 aromatic carbocycles. The van der Waals surface area contributed by atoms with Gasteiger partial charge in [0, 0.05) is 16.7 Å². The van der Waals surface area contributed by atoms with Crippen molar-refractivity contribution in [3.05, 3.63) is 24.3 Å². The van der Waals surface area contributed by atoms with E-state index in [0.29, 0.717) is 25.0 Å². The van der Waals surface area contributed by atoms with Crippen molar-refractivity contribution in [2.45, 2.75) is 29.6 Å². The zero-order valence-electron chi connectivity index (χ0n) is 13.6. The summed E-state index contributed by atoms with van der Waals surface area (Å²) in [4.78, 5) is 27.3. The molecular weight excluding hydrogens is 330 g/mol. The Kier molecular flexibility index (Phi) is 5.76. The van der Waals surface area contributed by atoms with Gasteiger partial charge < -0.3 is 19.1 Å². The summed E-state index contributed by atoms with van der Waals surface area (Å²) < 4.78 is 15.6. The van der Waals surface area contributed by atoms with Gasteiger partial charge in [0.25, 0.3) is 5.91 Å². The van der Waals surface area contributed by atoms with E-state index >= 15 is 0 Å². The molecule has 0 saturated carbocycles. The van der Waals surface area contributed by atoms with Crippen molar-refractivity contribution in [3.63, 3.8) is 0 Å². The van der Waals surface area contributed by atoms with Gasteiger partial charge in [0.05, 0.1) is 25.5 Å². The monoisotopic (exact) mass is 351 g/mol. The van der Waals surface area contributed by atoms with Gasteiger partial charge in [-0.05, 0) is 18.6 Å². The van der Waals surface area contributed by atoms with Gasteiger partial charge in [-0.25, -0.2) is 4.79 Å². The van der Waals surface area contributed by atoms with E-state index in [2.05, 4.69) is 6.92 Å². The first-order valence-corrected chi connectivity index (χ1v) is 8.95. The lowest BCUT2D eigenvalue weighted by Gasteiger charge is -2.24. The van der Waals surface area contributed by atoms with E-state index in [9.17, 15) is 9.59 Å². The number of esters is 1. The highest BCUT2D eigenvalue weighted by atomic mass is 32.2. The fourth-order valence-electron chi connectivity index (χ4n) is 2.67. The summed E-state index contributed by atoms with van der Waals surface area (Å²) in [7, 11) is 0. The molecule has 1 amide bonds. The van der Waals surface area contributed by atoms with Crippen LogP contribution in [0.2, 0.25) is 0 Å². The van der Waals surface area contributed by atoms with E-state index < -0.39 is 12.1 Å². The molecule has 130 valence electrons. The first kappa shape index (κ1) is 17.3. The van der Waals surface area contributed by atoms with Crippen LogP contribution in [-0.4, -0.2) is 56.2 Å². The molecule has 1 saturated heterocycles. The minimum absolute atomic E-state index is 0.174. The van der Waals surface area contributed by atoms with E-state index in [0.717, 1.165) is 17.0 Å². The molecule has 0 aliphatic carbocycles. The summed E-state index contributed by atoms with van der Waals surface area (Å²) in [6.07, 6.45) is 0.150. The van der Waals surface area contributed by atoms with E-state index in [4.69, 9.17) is 14.2 Å². The van der Waals surface area contributed by atoms with Crippen LogP contribution >= 0.6 is 11.8 Å². The molecule has 1 fully saturated rings. The number of benzene rings is 1. The van der Waals surface area contributed by atoms with Crippen molar-refractivity contribution >= 4 is 29.3 Å². The molecule has 0 spiro atoms. The standard InChI is InChI=1S/C17H21NO5S/c1-12-6-7-18(13-4-2-3-5-15(13)24-12)16(19)11-23-17(20)14-10-21-8-9-22-14/h2-5,12,14H,6-11H2,1H3/t12-,14+/m0/s1. The number of amides is 1. The number of fused-ring (bicyclic) bond motifs is 1. The van der Waals surface area contributed by atoms with Crippen LogP contribution < -0.4 is 4.90 Å². The normalized spacial score (nSPS) is 24.0. The van der Waals surface area contributed by atoms with Gasteiger partial charge >= 0.3 is 5.97 Å². The number of anilines is 1. The van der Waals surface area contributed by atoms with Crippen LogP contribution in [0.15, 0.2) is 29.2 Å². The van der Waals surface area contributed by atoms with E-state index in [1.165, 1.54) is 0 Å². The lowest BCUT2D eigenvalue weighted by Crippen LogP contribution is -2.40. The average Bonchev–Trinajstić information content (AvgIpc) is 2.78. The molecule has 24 heavy (non-hydrogen) atoms. The molecule has 0 bridgehead atoms. The molecule has 3 rings (SSSR count). The molecule has 6 nitrogen and oxygen atoms in total. The Morgan fingerprint density at radius 2 is 2.17 bits per heavy atom. The van der Waals surface area contributed by atoms with Crippen molar-refractivity contribution in [1.82, 2.24) is 0 Å². The van der Waals surface area contributed by atoms with Gasteiger partial charge in [-0.15, -0.1) is 11.8 Å². The summed E-state index contributed by atoms with van der Waals surface area (Å²) in [6.45, 7) is 3.49. The maximum atomic E-state index is 12.6. The van der Waals surface area contributed by atoms with Crippen LogP contribution in [0.1, 0.15) is 13.3 Å². The second-order valence-corrected chi connectivity index (χ2v) is 7.25. The summed E-state index contributed by atoms with van der Waals surface area (Å²) in [6, 6.07) is 7.82. The van der Waals surface area contributed by atoms with Gasteiger partial charge in [-0.3, -0.25) is 4.79 Å². The second-order valence-electron chi connectivity index (χ2n) is 5.77. The molecule has 7 heteroatoms. The van der Waals surface area contributed by atoms with Gasteiger partial charge in [0.1, 0.15) is 0 Å². The van der Waals surface area contributed by atoms with Crippen molar-refractivity contribution in [3.8, 4) is 0 Å². The van der Waals surface area contributed by atoms with Crippen LogP contribution in [0.4, 0.5) is 5.69 Å². The number of carbonyl (C=O) groups is 2. The number of hydrogen-bond donors (Lipinski definition) is 0. The number of hydrogen-bond acceptors (Lipinski definition) is 6. The van der Waals surface area contributed by atoms with Crippen molar-refractivity contribution in [1.29, 1.82) is 0 Å². The van der Waals surface area contributed by atoms with E-state index in [1.54, 1.807) is 16.7 Å². The Morgan fingerprint density at radius 1 is 1.33 bits per heavy atom. The molecule has 2 atom stereocenters. The summed E-state index contributed by atoms with van der Waals surface area (Å²) in [5, 5.41) is 0.430. The maximum Gasteiger partial charge on any atom is 0.338 e. The van der Waals surface area contributed by atoms with Gasteiger partial charge in [0.15, 0.2) is 12.7 Å². The first-order valence-electron chi connectivity index (χ1n) is 8.07. The first-order chi connectivity index (χ1) is 11.6. The number of ether oxygens (including phenoxy) is 3. The Hall–Kier alpha value is -1.57. The Morgan fingerprint density at radius 3 is 2.96 bits per heavy atom. The smallest absolute Gasteiger partial charge is 0.338 e. The molecule has 0 radical (unpaired) electrons. The van der Waals surface area contributed by atoms with Crippen molar-refractivity contribution in [2.24, 2.45) is 0 Å². The van der Waals surface area contributed by atoms with E-state index in [1.807, 2.05) is 24.3 Å². The van der Waals surface area contributed by atoms with Crippen LogP contribution in [0.3, 0.4) is 0 Å². The van der Waals surface area contributed by atoms with Crippen molar-refractivity contribution in [2.75, 3.05) is 37.9 Å². The lowest BCUT2D eigenvalue weighted by atomic mass is 10.2. The Bertz CT molecular complexity index is 602. The average molecular weight is 351 g/mol. The van der Waals surface area contributed by atoms with Crippen molar-refractivity contribution < 1.29 is 23.8 Å². The fraction of sp³-hybridized carbons (Fsp3) is 0.529. The fourth-order valence-corrected chi connectivity index (χ4v) is 3.79. The molecule has 2 heterocycles. The van der Waals surface area contributed by atoms with Gasteiger partial charge in [-0.1, -0.05) is 19.1 Å². The van der Waals surface area contributed by atoms with Crippen LogP contribution in [-0.2, 0) is 23.8 Å². The summed E-state index contributed by atoms with van der Waals surface area (Å²) >= 11 is 1.76. The number of para-hydroxylation sites is 1. The van der Waals surface area contributed by atoms with Gasteiger partial charge in [0.2, 0.25) is 0 Å². The number of thioether (sulfide) groups is 1. The maximum absolute atomic E-state index is 12.6. The second kappa shape index (κ2) is 8.00. The number of carbonyl (C=O) groups excluding carboxylic acids is 2. The molecule has 0 N–H and O–H groups in total. The topological polar surface area (TPSA) is 65.1 Å². The van der Waals surface area contributed by atoms with Crippen LogP contribution in [0.5, 0.6) is 0 Å². The highest BCUT2D eigenvalue weighted by Gasteiger charge is 2.28. The highest BCUT2D eigenvalue weighted by Crippen LogP contribution is 2.37. The minimum atomic E-state index is -0.737. The SMILES string of the molecule is C[C@H]1CCN(C(=O)COC(=O)[C@H]2COCCO2)c2ccccc2S1. The van der Waals surface area contributed by atoms with E-state index in [-0.39, 0.29) is 19.1 Å². The number of nitrogens with zero attached hydrogens (tertiary/aromatic N) is 1. The third-order valence-corrected chi connectivity index (χ3v) is 5.20. The van der Waals surface area contributed by atoms with Crippen LogP contribution in [0, 0.1) is 0 Å². The van der Waals surface area contributed by atoms with Crippen LogP contribution in [0.25, 0.3) is 0 Å². The zero-order valence-corrected chi connectivity index (χ0v) is 14.4. The lowest BCUT2D eigenvalue weighted by molar-refractivity contribution is -0.172. The summed E-state index contributed by atoms with van der Waals surface area (Å²) in [5.41, 5.74) is 0.880. The minimum Gasteiger partial charge on any atom is -0.454 e. The predicted octanol–water partition coefficient (Wildman–Crippen LogP) is 1.86. The Balaban J connectivity index is 1.63. The molecular formula is C17H21NO5S. The molecule has 1 aromatic rings. The molecule has 2 aliphatic heterocycles. The summed E-state index contributed by atoms with van der Waals surface area (Å²) in [5.74, 6) is -0.767.